The first-order valence-corrected chi connectivity index (χ1v) is 6.48. The van der Waals surface area contributed by atoms with E-state index in [2.05, 4.69) is 10.3 Å². The quantitative estimate of drug-likeness (QED) is 0.890. The predicted molar refractivity (Wildman–Crippen MR) is 67.7 cm³/mol. The molecule has 6 heteroatoms. The molecule has 1 aromatic heterocycles. The second kappa shape index (κ2) is 5.77. The highest BCUT2D eigenvalue weighted by molar-refractivity contribution is 5.45. The van der Waals surface area contributed by atoms with Crippen molar-refractivity contribution in [1.29, 1.82) is 0 Å². The molecule has 2 unspecified atom stereocenters. The van der Waals surface area contributed by atoms with Gasteiger partial charge in [-0.1, -0.05) is 6.42 Å². The molecule has 0 aromatic carbocycles. The van der Waals surface area contributed by atoms with Crippen molar-refractivity contribution < 1.29 is 13.2 Å². The highest BCUT2D eigenvalue weighted by atomic mass is 19.4. The van der Waals surface area contributed by atoms with Gasteiger partial charge in [0.15, 0.2) is 0 Å². The zero-order valence-electron chi connectivity index (χ0n) is 10.6. The molecule has 1 aliphatic rings. The number of nitrogens with zero attached hydrogens (tertiary/aromatic N) is 1. The Kier molecular flexibility index (Phi) is 4.29. The Morgan fingerprint density at radius 3 is 2.84 bits per heavy atom. The van der Waals surface area contributed by atoms with Gasteiger partial charge in [-0.25, -0.2) is 4.98 Å². The molecule has 1 aromatic rings. The Hall–Kier alpha value is -1.30. The largest absolute Gasteiger partial charge is 0.419 e. The second-order valence-electron chi connectivity index (χ2n) is 5.07. The summed E-state index contributed by atoms with van der Waals surface area (Å²) < 4.78 is 38.3. The highest BCUT2D eigenvalue weighted by Crippen LogP contribution is 2.33. The van der Waals surface area contributed by atoms with Gasteiger partial charge in [-0.3, -0.25) is 0 Å². The summed E-state index contributed by atoms with van der Waals surface area (Å²) in [5.41, 5.74) is 5.16. The third-order valence-electron chi connectivity index (χ3n) is 3.49. The van der Waals surface area contributed by atoms with E-state index in [1.165, 1.54) is 12.3 Å². The molecule has 0 spiro atoms. The lowest BCUT2D eigenvalue weighted by Gasteiger charge is -2.27. The Balaban J connectivity index is 1.99. The number of nitrogens with two attached hydrogens (primary N) is 1. The van der Waals surface area contributed by atoms with E-state index < -0.39 is 11.7 Å². The van der Waals surface area contributed by atoms with Crippen molar-refractivity contribution in [3.63, 3.8) is 0 Å². The lowest BCUT2D eigenvalue weighted by Crippen LogP contribution is -2.31. The van der Waals surface area contributed by atoms with Crippen molar-refractivity contribution >= 4 is 5.82 Å². The summed E-state index contributed by atoms with van der Waals surface area (Å²) in [6, 6.07) is 2.51. The van der Waals surface area contributed by atoms with Crippen LogP contribution in [0, 0.1) is 5.92 Å². The van der Waals surface area contributed by atoms with Crippen LogP contribution in [0.1, 0.15) is 31.2 Å². The van der Waals surface area contributed by atoms with Crippen LogP contribution in [0.2, 0.25) is 0 Å². The van der Waals surface area contributed by atoms with Gasteiger partial charge in [0.05, 0.1) is 5.56 Å². The second-order valence-corrected chi connectivity index (χ2v) is 5.07. The number of rotatable bonds is 3. The van der Waals surface area contributed by atoms with Crippen LogP contribution < -0.4 is 11.1 Å². The van der Waals surface area contributed by atoms with E-state index in [1.807, 2.05) is 0 Å². The minimum absolute atomic E-state index is 0.0888. The fourth-order valence-electron chi connectivity index (χ4n) is 2.53. The minimum atomic E-state index is -4.38. The molecule has 0 bridgehead atoms. The van der Waals surface area contributed by atoms with Crippen LogP contribution in [-0.2, 0) is 6.18 Å². The number of alkyl halides is 3. The van der Waals surface area contributed by atoms with E-state index in [-0.39, 0.29) is 11.9 Å². The van der Waals surface area contributed by atoms with E-state index >= 15 is 0 Å². The van der Waals surface area contributed by atoms with Crippen LogP contribution in [0.25, 0.3) is 0 Å². The molecule has 19 heavy (non-hydrogen) atoms. The lowest BCUT2D eigenvalue weighted by molar-refractivity contribution is -0.137. The zero-order chi connectivity index (χ0) is 13.9. The standard InChI is InChI=1S/C13H18F3N3/c14-13(15,16)11-5-2-6-18-12(11)19-8-9-3-1-4-10(17)7-9/h2,5-6,9-10H,1,3-4,7-8,17H2,(H,18,19). The molecule has 1 saturated carbocycles. The number of nitrogens with one attached hydrogen (secondary N) is 1. The van der Waals surface area contributed by atoms with Gasteiger partial charge in [-0.05, 0) is 37.3 Å². The summed E-state index contributed by atoms with van der Waals surface area (Å²) in [5.74, 6) is 0.237. The summed E-state index contributed by atoms with van der Waals surface area (Å²) in [6.07, 6.45) is 0.912. The van der Waals surface area contributed by atoms with E-state index in [0.29, 0.717) is 12.5 Å². The van der Waals surface area contributed by atoms with E-state index in [0.717, 1.165) is 31.7 Å². The molecule has 0 amide bonds. The molecular formula is C13H18F3N3. The summed E-state index contributed by atoms with van der Waals surface area (Å²) in [7, 11) is 0. The van der Waals surface area contributed by atoms with Crippen LogP contribution in [0.15, 0.2) is 18.3 Å². The smallest absolute Gasteiger partial charge is 0.369 e. The van der Waals surface area contributed by atoms with Crippen molar-refractivity contribution in [2.24, 2.45) is 11.7 Å². The topological polar surface area (TPSA) is 50.9 Å². The van der Waals surface area contributed by atoms with Crippen LogP contribution >= 0.6 is 0 Å². The molecule has 1 heterocycles. The first kappa shape index (κ1) is 14.1. The lowest BCUT2D eigenvalue weighted by atomic mass is 9.86. The number of halogens is 3. The van der Waals surface area contributed by atoms with E-state index in [4.69, 9.17) is 5.73 Å². The van der Waals surface area contributed by atoms with Crippen molar-refractivity contribution in [1.82, 2.24) is 4.98 Å². The maximum Gasteiger partial charge on any atom is 0.419 e. The van der Waals surface area contributed by atoms with Gasteiger partial charge in [0.25, 0.3) is 0 Å². The van der Waals surface area contributed by atoms with E-state index in [9.17, 15) is 13.2 Å². The number of anilines is 1. The Morgan fingerprint density at radius 1 is 1.37 bits per heavy atom. The summed E-state index contributed by atoms with van der Waals surface area (Å²) in [6.45, 7) is 0.494. The third-order valence-corrected chi connectivity index (χ3v) is 3.49. The zero-order valence-corrected chi connectivity index (χ0v) is 10.6. The SMILES string of the molecule is NC1CCCC(CNc2ncccc2C(F)(F)F)C1. The molecule has 1 fully saturated rings. The monoisotopic (exact) mass is 273 g/mol. The van der Waals surface area contributed by atoms with Gasteiger partial charge in [0.2, 0.25) is 0 Å². The van der Waals surface area contributed by atoms with Gasteiger partial charge in [0.1, 0.15) is 5.82 Å². The fraction of sp³-hybridized carbons (Fsp3) is 0.615. The molecule has 1 aliphatic carbocycles. The molecule has 106 valence electrons. The van der Waals surface area contributed by atoms with Crippen LogP contribution in [0.5, 0.6) is 0 Å². The molecule has 0 aliphatic heterocycles. The highest BCUT2D eigenvalue weighted by Gasteiger charge is 2.34. The summed E-state index contributed by atoms with van der Waals surface area (Å²) in [5, 5.41) is 2.82. The van der Waals surface area contributed by atoms with Crippen molar-refractivity contribution in [3.05, 3.63) is 23.9 Å². The molecule has 3 nitrogen and oxygen atoms in total. The Labute approximate surface area is 110 Å². The molecule has 0 radical (unpaired) electrons. The number of aromatic nitrogens is 1. The van der Waals surface area contributed by atoms with Gasteiger partial charge in [-0.2, -0.15) is 13.2 Å². The van der Waals surface area contributed by atoms with Crippen LogP contribution in [0.3, 0.4) is 0 Å². The Morgan fingerprint density at radius 2 is 2.16 bits per heavy atom. The maximum atomic E-state index is 12.8. The van der Waals surface area contributed by atoms with Gasteiger partial charge in [0, 0.05) is 18.8 Å². The van der Waals surface area contributed by atoms with Gasteiger partial charge in [-0.15, -0.1) is 0 Å². The molecular weight excluding hydrogens is 255 g/mol. The third kappa shape index (κ3) is 3.83. The van der Waals surface area contributed by atoms with E-state index in [1.54, 1.807) is 0 Å². The molecule has 2 rings (SSSR count). The first-order valence-electron chi connectivity index (χ1n) is 6.48. The molecule has 0 saturated heterocycles. The average Bonchev–Trinajstić information content (AvgIpc) is 2.36. The van der Waals surface area contributed by atoms with Crippen LogP contribution in [-0.4, -0.2) is 17.6 Å². The van der Waals surface area contributed by atoms with Crippen molar-refractivity contribution in [2.45, 2.75) is 37.9 Å². The van der Waals surface area contributed by atoms with Crippen molar-refractivity contribution in [3.8, 4) is 0 Å². The first-order chi connectivity index (χ1) is 8.97. The summed E-state index contributed by atoms with van der Waals surface area (Å²) >= 11 is 0. The Bertz CT molecular complexity index is 420. The fourth-order valence-corrected chi connectivity index (χ4v) is 2.53. The predicted octanol–water partition coefficient (Wildman–Crippen LogP) is 3.03. The van der Waals surface area contributed by atoms with Crippen LogP contribution in [0.4, 0.5) is 19.0 Å². The van der Waals surface area contributed by atoms with Gasteiger partial charge >= 0.3 is 6.18 Å². The van der Waals surface area contributed by atoms with Gasteiger partial charge < -0.3 is 11.1 Å². The number of hydrogen-bond acceptors (Lipinski definition) is 3. The normalized spacial score (nSPS) is 24.2. The average molecular weight is 273 g/mol. The van der Waals surface area contributed by atoms with Crippen molar-refractivity contribution in [2.75, 3.05) is 11.9 Å². The molecule has 2 atom stereocenters. The summed E-state index contributed by atoms with van der Waals surface area (Å²) in [4.78, 5) is 3.79. The minimum Gasteiger partial charge on any atom is -0.369 e. The number of hydrogen-bond donors (Lipinski definition) is 2. The molecule has 3 N–H and O–H groups in total. The maximum absolute atomic E-state index is 12.8. The number of pyridine rings is 1.